The summed E-state index contributed by atoms with van der Waals surface area (Å²) in [5.74, 6) is 0.466. The number of nitrogens with one attached hydrogen (secondary N) is 1. The van der Waals surface area contributed by atoms with Crippen LogP contribution in [0.15, 0.2) is 12.7 Å². The Labute approximate surface area is 128 Å². The lowest BCUT2D eigenvalue weighted by Gasteiger charge is -2.61. The highest BCUT2D eigenvalue weighted by Crippen LogP contribution is 2.51. The van der Waals surface area contributed by atoms with Crippen molar-refractivity contribution in [1.82, 2.24) is 10.2 Å². The van der Waals surface area contributed by atoms with Crippen molar-refractivity contribution in [3.63, 3.8) is 0 Å². The van der Waals surface area contributed by atoms with E-state index in [1.807, 2.05) is 0 Å². The van der Waals surface area contributed by atoms with Crippen LogP contribution in [0.3, 0.4) is 0 Å². The summed E-state index contributed by atoms with van der Waals surface area (Å²) >= 11 is 0. The van der Waals surface area contributed by atoms with Gasteiger partial charge in [-0.3, -0.25) is 9.59 Å². The van der Waals surface area contributed by atoms with Gasteiger partial charge in [-0.15, -0.1) is 0 Å². The minimum absolute atomic E-state index is 0.175. The van der Waals surface area contributed by atoms with Crippen molar-refractivity contribution in [1.29, 1.82) is 0 Å². The Morgan fingerprint density at radius 2 is 2.00 bits per heavy atom. The van der Waals surface area contributed by atoms with Gasteiger partial charge in [0.15, 0.2) is 0 Å². The summed E-state index contributed by atoms with van der Waals surface area (Å²) in [5.41, 5.74) is 0.381. The van der Waals surface area contributed by atoms with Gasteiger partial charge in [0.1, 0.15) is 0 Å². The normalized spacial score (nSPS) is 23.8. The predicted octanol–water partition coefficient (Wildman–Crippen LogP) is 2.50. The van der Waals surface area contributed by atoms with Gasteiger partial charge >= 0.3 is 0 Å². The van der Waals surface area contributed by atoms with Crippen LogP contribution in [0, 0.1) is 11.3 Å². The minimum atomic E-state index is -0.212. The summed E-state index contributed by atoms with van der Waals surface area (Å²) in [6, 6.07) is 0.389. The molecule has 2 rings (SSSR count). The molecule has 1 N–H and O–H groups in total. The number of hydrogen-bond acceptors (Lipinski definition) is 2. The van der Waals surface area contributed by atoms with Gasteiger partial charge in [0, 0.05) is 31.0 Å². The third-order valence-electron chi connectivity index (χ3n) is 5.07. The van der Waals surface area contributed by atoms with Crippen LogP contribution >= 0.6 is 0 Å². The van der Waals surface area contributed by atoms with Gasteiger partial charge in [0.2, 0.25) is 11.8 Å². The van der Waals surface area contributed by atoms with E-state index in [0.717, 1.165) is 6.54 Å². The molecule has 0 aromatic carbocycles. The molecule has 1 aliphatic carbocycles. The number of rotatable bonds is 5. The fourth-order valence-corrected chi connectivity index (χ4v) is 4.28. The molecule has 0 aromatic heterocycles. The monoisotopic (exact) mass is 292 g/mol. The summed E-state index contributed by atoms with van der Waals surface area (Å²) < 4.78 is 0. The Kier molecular flexibility index (Phi) is 5.07. The van der Waals surface area contributed by atoms with Crippen LogP contribution in [-0.2, 0) is 9.59 Å². The molecule has 0 aromatic rings. The average Bonchev–Trinajstić information content (AvgIpc) is 2.44. The number of likely N-dealkylation sites (tertiary alicyclic amines) is 1. The van der Waals surface area contributed by atoms with Gasteiger partial charge in [-0.1, -0.05) is 39.7 Å². The molecule has 21 heavy (non-hydrogen) atoms. The maximum atomic E-state index is 12.4. The van der Waals surface area contributed by atoms with E-state index in [1.165, 1.54) is 38.2 Å². The molecule has 4 heteroatoms. The van der Waals surface area contributed by atoms with Crippen LogP contribution in [0.5, 0.6) is 0 Å². The second-order valence-electron chi connectivity index (χ2n) is 6.88. The van der Waals surface area contributed by atoms with E-state index >= 15 is 0 Å². The second-order valence-corrected chi connectivity index (χ2v) is 6.88. The molecule has 0 radical (unpaired) electrons. The molecule has 1 heterocycles. The summed E-state index contributed by atoms with van der Waals surface area (Å²) in [6.45, 7) is 9.17. The van der Waals surface area contributed by atoms with Crippen molar-refractivity contribution in [2.45, 2.75) is 58.4 Å². The number of amides is 2. The van der Waals surface area contributed by atoms with Crippen LogP contribution in [0.2, 0.25) is 0 Å². The largest absolute Gasteiger partial charge is 0.352 e. The molecule has 1 saturated heterocycles. The van der Waals surface area contributed by atoms with Crippen LogP contribution in [0.1, 0.15) is 52.4 Å². The van der Waals surface area contributed by atoms with Crippen LogP contribution in [0.4, 0.5) is 0 Å². The molecule has 2 fully saturated rings. The lowest BCUT2D eigenvalue weighted by Crippen LogP contribution is -2.68. The lowest BCUT2D eigenvalue weighted by molar-refractivity contribution is -0.165. The van der Waals surface area contributed by atoms with Crippen LogP contribution < -0.4 is 5.32 Å². The Balaban J connectivity index is 1.89. The summed E-state index contributed by atoms with van der Waals surface area (Å²) in [6.07, 6.45) is 8.12. The SMILES string of the molecule is C=CC(=O)NCCC(=O)N1CC2(CCCCC2)C1C(C)C. The Morgan fingerprint density at radius 1 is 1.33 bits per heavy atom. The van der Waals surface area contributed by atoms with Gasteiger partial charge in [0.25, 0.3) is 0 Å². The highest BCUT2D eigenvalue weighted by atomic mass is 16.2. The van der Waals surface area contributed by atoms with E-state index in [1.54, 1.807) is 0 Å². The highest BCUT2D eigenvalue weighted by Gasteiger charge is 2.54. The molecule has 2 aliphatic rings. The number of carbonyl (C=O) groups excluding carboxylic acids is 2. The molecule has 1 spiro atoms. The first kappa shape index (κ1) is 16.1. The summed E-state index contributed by atoms with van der Waals surface area (Å²) in [7, 11) is 0. The highest BCUT2D eigenvalue weighted by molar-refractivity contribution is 5.87. The molecule has 4 nitrogen and oxygen atoms in total. The van der Waals surface area contributed by atoms with Crippen molar-refractivity contribution in [2.75, 3.05) is 13.1 Å². The summed E-state index contributed by atoms with van der Waals surface area (Å²) in [5, 5.41) is 2.68. The van der Waals surface area contributed by atoms with E-state index in [9.17, 15) is 9.59 Å². The number of carbonyl (C=O) groups is 2. The molecule has 0 bridgehead atoms. The first-order chi connectivity index (χ1) is 10.00. The first-order valence-corrected chi connectivity index (χ1v) is 8.20. The molecule has 1 saturated carbocycles. The predicted molar refractivity (Wildman–Crippen MR) is 83.7 cm³/mol. The van der Waals surface area contributed by atoms with Crippen molar-refractivity contribution in [3.05, 3.63) is 12.7 Å². The molecular weight excluding hydrogens is 264 g/mol. The summed E-state index contributed by atoms with van der Waals surface area (Å²) in [4.78, 5) is 25.5. The number of hydrogen-bond donors (Lipinski definition) is 1. The molecular formula is C17H28N2O2. The average molecular weight is 292 g/mol. The van der Waals surface area contributed by atoms with Gasteiger partial charge in [-0.05, 0) is 24.8 Å². The van der Waals surface area contributed by atoms with E-state index < -0.39 is 0 Å². The Hall–Kier alpha value is -1.32. The maximum absolute atomic E-state index is 12.4. The fourth-order valence-electron chi connectivity index (χ4n) is 4.28. The van der Waals surface area contributed by atoms with Crippen molar-refractivity contribution >= 4 is 11.8 Å². The molecule has 2 amide bonds. The lowest BCUT2D eigenvalue weighted by atomic mass is 9.60. The van der Waals surface area contributed by atoms with Crippen molar-refractivity contribution < 1.29 is 9.59 Å². The van der Waals surface area contributed by atoms with Crippen molar-refractivity contribution in [3.8, 4) is 0 Å². The third kappa shape index (κ3) is 3.30. The van der Waals surface area contributed by atoms with E-state index in [4.69, 9.17) is 0 Å². The van der Waals surface area contributed by atoms with E-state index in [2.05, 4.69) is 30.6 Å². The van der Waals surface area contributed by atoms with Gasteiger partial charge in [0.05, 0.1) is 0 Å². The zero-order valence-electron chi connectivity index (χ0n) is 13.4. The van der Waals surface area contributed by atoms with Crippen LogP contribution in [-0.4, -0.2) is 35.8 Å². The topological polar surface area (TPSA) is 49.4 Å². The Bertz CT molecular complexity index is 411. The quantitative estimate of drug-likeness (QED) is 0.792. The molecule has 118 valence electrons. The van der Waals surface area contributed by atoms with Crippen LogP contribution in [0.25, 0.3) is 0 Å². The minimum Gasteiger partial charge on any atom is -0.352 e. The van der Waals surface area contributed by atoms with E-state index in [-0.39, 0.29) is 11.8 Å². The van der Waals surface area contributed by atoms with Gasteiger partial charge < -0.3 is 10.2 Å². The fraction of sp³-hybridized carbons (Fsp3) is 0.765. The maximum Gasteiger partial charge on any atom is 0.243 e. The first-order valence-electron chi connectivity index (χ1n) is 8.20. The molecule has 1 unspecified atom stereocenters. The Morgan fingerprint density at radius 3 is 2.57 bits per heavy atom. The van der Waals surface area contributed by atoms with Crippen molar-refractivity contribution in [2.24, 2.45) is 11.3 Å². The zero-order chi connectivity index (χ0) is 15.5. The third-order valence-corrected chi connectivity index (χ3v) is 5.07. The zero-order valence-corrected chi connectivity index (χ0v) is 13.4. The molecule has 1 atom stereocenters. The smallest absolute Gasteiger partial charge is 0.243 e. The standard InChI is InChI=1S/C17H28N2O2/c1-4-14(20)18-11-8-15(21)19-12-17(16(19)13(2)3)9-6-5-7-10-17/h4,13,16H,1,5-12H2,2-3H3,(H,18,20). The second kappa shape index (κ2) is 6.63. The number of nitrogens with zero attached hydrogens (tertiary/aromatic N) is 1. The van der Waals surface area contributed by atoms with Gasteiger partial charge in [-0.2, -0.15) is 0 Å². The van der Waals surface area contributed by atoms with E-state index in [0.29, 0.717) is 30.3 Å². The van der Waals surface area contributed by atoms with Gasteiger partial charge in [-0.25, -0.2) is 0 Å². The molecule has 1 aliphatic heterocycles.